The summed E-state index contributed by atoms with van der Waals surface area (Å²) >= 11 is 0. The first kappa shape index (κ1) is 28.5. The van der Waals surface area contributed by atoms with Gasteiger partial charge in [0.05, 0.1) is 25.1 Å². The summed E-state index contributed by atoms with van der Waals surface area (Å²) in [7, 11) is -3.98. The highest BCUT2D eigenvalue weighted by Gasteiger charge is 2.44. The van der Waals surface area contributed by atoms with Crippen LogP contribution in [0.3, 0.4) is 0 Å². The molecule has 0 aromatic heterocycles. The molecule has 0 aliphatic rings. The van der Waals surface area contributed by atoms with Crippen LogP contribution in [0.5, 0.6) is 0 Å². The number of carbonyl (C=O) groups excluding carboxylic acids is 1. The van der Waals surface area contributed by atoms with E-state index in [1.165, 1.54) is 12.1 Å². The van der Waals surface area contributed by atoms with Gasteiger partial charge < -0.3 is 9.74 Å². The van der Waals surface area contributed by atoms with Gasteiger partial charge in [0.2, 0.25) is 5.91 Å². The number of nitro groups is 1. The summed E-state index contributed by atoms with van der Waals surface area (Å²) in [6.45, 7) is 24.4. The molecule has 1 aromatic rings. The van der Waals surface area contributed by atoms with Gasteiger partial charge in [-0.05, 0) is 46.9 Å². The van der Waals surface area contributed by atoms with Crippen molar-refractivity contribution in [3.8, 4) is 0 Å². The van der Waals surface area contributed by atoms with Gasteiger partial charge in [-0.1, -0.05) is 61.6 Å². The number of benzene rings is 1. The summed E-state index contributed by atoms with van der Waals surface area (Å²) in [4.78, 5) is 23.4. The Kier molecular flexibility index (Phi) is 9.07. The normalized spacial score (nSPS) is 15.2. The van der Waals surface area contributed by atoms with Crippen LogP contribution in [0.1, 0.15) is 66.6 Å². The van der Waals surface area contributed by atoms with Gasteiger partial charge in [-0.15, -0.1) is 0 Å². The van der Waals surface area contributed by atoms with Crippen molar-refractivity contribution in [3.63, 3.8) is 0 Å². The predicted octanol–water partition coefficient (Wildman–Crippen LogP) is 7.06. The van der Waals surface area contributed by atoms with Crippen molar-refractivity contribution in [1.82, 2.24) is 5.32 Å². The molecule has 0 fully saturated rings. The third kappa shape index (κ3) is 7.25. The monoisotopic (exact) mass is 480 g/mol. The van der Waals surface area contributed by atoms with Crippen LogP contribution in [0.2, 0.25) is 42.3 Å². The van der Waals surface area contributed by atoms with Crippen LogP contribution in [0.15, 0.2) is 24.3 Å². The van der Waals surface area contributed by atoms with Crippen molar-refractivity contribution in [3.05, 3.63) is 39.9 Å². The zero-order valence-electron chi connectivity index (χ0n) is 22.0. The van der Waals surface area contributed by atoms with Crippen LogP contribution in [0.4, 0.5) is 5.69 Å². The first-order chi connectivity index (χ1) is 14.3. The van der Waals surface area contributed by atoms with Crippen molar-refractivity contribution in [2.75, 3.05) is 0 Å². The van der Waals surface area contributed by atoms with Crippen molar-refractivity contribution in [2.45, 2.75) is 109 Å². The average Bonchev–Trinajstić information content (AvgIpc) is 2.63. The summed E-state index contributed by atoms with van der Waals surface area (Å²) in [6.07, 6.45) is 0.0440. The molecule has 1 N–H and O–H groups in total. The van der Waals surface area contributed by atoms with Gasteiger partial charge in [0.15, 0.2) is 8.32 Å². The Bertz CT molecular complexity index is 794. The Morgan fingerprint density at radius 3 is 1.91 bits per heavy atom. The van der Waals surface area contributed by atoms with Gasteiger partial charge in [0.1, 0.15) is 0 Å². The van der Waals surface area contributed by atoms with E-state index in [1.54, 1.807) is 12.1 Å². The van der Waals surface area contributed by atoms with E-state index in [2.05, 4.69) is 73.0 Å². The second kappa shape index (κ2) is 10.2. The molecule has 0 aliphatic heterocycles. The fourth-order valence-corrected chi connectivity index (χ4v) is 6.38. The average molecular weight is 481 g/mol. The number of rotatable bonds is 9. The lowest BCUT2D eigenvalue weighted by Crippen LogP contribution is -2.51. The molecule has 32 heavy (non-hydrogen) atoms. The Morgan fingerprint density at radius 2 is 1.53 bits per heavy atom. The summed E-state index contributed by atoms with van der Waals surface area (Å²) < 4.78 is 6.93. The quantitative estimate of drug-likeness (QED) is 0.233. The maximum absolute atomic E-state index is 12.6. The van der Waals surface area contributed by atoms with Crippen LogP contribution < -0.4 is 5.32 Å². The summed E-state index contributed by atoms with van der Waals surface area (Å²) in [5, 5.41) is 14.6. The lowest BCUT2D eigenvalue weighted by atomic mass is 10.0. The highest BCUT2D eigenvalue weighted by Crippen LogP contribution is 2.44. The van der Waals surface area contributed by atoms with E-state index in [-0.39, 0.29) is 38.7 Å². The van der Waals surface area contributed by atoms with E-state index in [4.69, 9.17) is 4.43 Å². The van der Waals surface area contributed by atoms with E-state index in [0.29, 0.717) is 6.42 Å². The first-order valence-corrected chi connectivity index (χ1v) is 17.7. The molecule has 0 spiro atoms. The van der Waals surface area contributed by atoms with Crippen molar-refractivity contribution in [1.29, 1.82) is 0 Å². The Morgan fingerprint density at radius 1 is 1.03 bits per heavy atom. The maximum Gasteiger partial charge on any atom is 0.269 e. The smallest absolute Gasteiger partial charge is 0.269 e. The third-order valence-corrected chi connectivity index (χ3v) is 17.4. The molecule has 1 aromatic carbocycles. The molecule has 0 bridgehead atoms. The maximum atomic E-state index is 12.6. The molecule has 6 nitrogen and oxygen atoms in total. The van der Waals surface area contributed by atoms with E-state index >= 15 is 0 Å². The van der Waals surface area contributed by atoms with E-state index < -0.39 is 16.4 Å². The summed E-state index contributed by atoms with van der Waals surface area (Å²) in [6, 6.07) is 7.29. The predicted molar refractivity (Wildman–Crippen MR) is 138 cm³/mol. The number of amides is 1. The Hall–Kier alpha value is -1.52. The molecule has 182 valence electrons. The lowest BCUT2D eigenvalue weighted by molar-refractivity contribution is -0.384. The molecular weight excluding hydrogens is 436 g/mol. The van der Waals surface area contributed by atoms with Crippen LogP contribution in [0, 0.1) is 10.1 Å². The fraction of sp³-hybridized carbons (Fsp3) is 0.708. The number of carbonyl (C=O) groups is 1. The molecule has 0 saturated heterocycles. The molecule has 2 atom stereocenters. The second-order valence-electron chi connectivity index (χ2n) is 12.0. The minimum atomic E-state index is -2.20. The van der Waals surface area contributed by atoms with Gasteiger partial charge in [-0.3, -0.25) is 14.9 Å². The standard InChI is InChI=1S/C24H44N2O4Si2/c1-12-21(27)25-20(17-31(8,9)23(2,3)4)22(30-32(10,11)24(5,6)7)18-13-15-19(16-14-18)26(28)29/h13-16,20,22H,12,17H2,1-11H3,(H,25,27)/t20-,22-/m1/s1. The summed E-state index contributed by atoms with van der Waals surface area (Å²) in [5.41, 5.74) is 0.930. The largest absolute Gasteiger partial charge is 0.408 e. The zero-order chi connectivity index (χ0) is 25.1. The molecular formula is C24H44N2O4Si2. The minimum Gasteiger partial charge on any atom is -0.408 e. The van der Waals surface area contributed by atoms with Crippen LogP contribution in [0.25, 0.3) is 0 Å². The van der Waals surface area contributed by atoms with Crippen LogP contribution in [-0.2, 0) is 9.22 Å². The number of hydrogen-bond acceptors (Lipinski definition) is 4. The molecule has 1 amide bonds. The van der Waals surface area contributed by atoms with E-state index in [9.17, 15) is 14.9 Å². The Labute approximate surface area is 196 Å². The molecule has 0 radical (unpaired) electrons. The van der Waals surface area contributed by atoms with Crippen molar-refractivity contribution >= 4 is 28.0 Å². The minimum absolute atomic E-state index is 0.000507. The molecule has 0 unspecified atom stereocenters. The number of nitro benzene ring substituents is 1. The molecule has 0 heterocycles. The zero-order valence-corrected chi connectivity index (χ0v) is 24.0. The molecule has 0 saturated carbocycles. The van der Waals surface area contributed by atoms with Crippen molar-refractivity contribution in [2.24, 2.45) is 0 Å². The van der Waals surface area contributed by atoms with Crippen molar-refractivity contribution < 1.29 is 14.1 Å². The Balaban J connectivity index is 3.57. The van der Waals surface area contributed by atoms with Gasteiger partial charge >= 0.3 is 0 Å². The SMILES string of the molecule is CCC(=O)N[C@H](C[Si](C)(C)C(C)(C)C)[C@H](O[Si](C)(C)C(C)(C)C)c1ccc([N+](=O)[O-])cc1. The highest BCUT2D eigenvalue weighted by atomic mass is 28.4. The van der Waals surface area contributed by atoms with Crippen LogP contribution in [-0.4, -0.2) is 33.3 Å². The van der Waals surface area contributed by atoms with Gasteiger partial charge in [0.25, 0.3) is 5.69 Å². The number of non-ortho nitro benzene ring substituents is 1. The van der Waals surface area contributed by atoms with Gasteiger partial charge in [-0.25, -0.2) is 0 Å². The number of nitrogens with zero attached hydrogens (tertiary/aromatic N) is 1. The molecule has 8 heteroatoms. The van der Waals surface area contributed by atoms with Gasteiger partial charge in [-0.2, -0.15) is 0 Å². The van der Waals surface area contributed by atoms with E-state index in [1.807, 2.05) is 6.92 Å². The number of hydrogen-bond donors (Lipinski definition) is 1. The fourth-order valence-electron chi connectivity index (χ4n) is 3.06. The van der Waals surface area contributed by atoms with E-state index in [0.717, 1.165) is 11.6 Å². The second-order valence-corrected chi connectivity index (χ2v) is 22.4. The summed E-state index contributed by atoms with van der Waals surface area (Å²) in [5.74, 6) is -0.000507. The molecule has 1 rings (SSSR count). The molecule has 0 aliphatic carbocycles. The highest BCUT2D eigenvalue weighted by molar-refractivity contribution is 6.80. The van der Waals surface area contributed by atoms with Gasteiger partial charge in [0, 0.05) is 18.6 Å². The lowest BCUT2D eigenvalue weighted by Gasteiger charge is -2.45. The topological polar surface area (TPSA) is 81.5 Å². The third-order valence-electron chi connectivity index (χ3n) is 7.45. The number of nitrogens with one attached hydrogen (secondary N) is 1. The first-order valence-electron chi connectivity index (χ1n) is 11.5. The van der Waals surface area contributed by atoms with Crippen LogP contribution >= 0.6 is 0 Å².